The van der Waals surface area contributed by atoms with E-state index in [0.29, 0.717) is 19.1 Å². The molecule has 0 saturated carbocycles. The smallest absolute Gasteiger partial charge is 0.236 e. The number of ether oxygens (including phenoxy) is 1. The van der Waals surface area contributed by atoms with Gasteiger partial charge in [0.15, 0.2) is 0 Å². The van der Waals surface area contributed by atoms with Crippen LogP contribution in [0.5, 0.6) is 0 Å². The van der Waals surface area contributed by atoms with Crippen molar-refractivity contribution in [3.05, 3.63) is 0 Å². The van der Waals surface area contributed by atoms with Crippen molar-refractivity contribution in [2.24, 2.45) is 11.7 Å². The van der Waals surface area contributed by atoms with Crippen molar-refractivity contribution in [1.82, 2.24) is 5.32 Å². The number of hydrogen-bond donors (Lipinski definition) is 2. The minimum Gasteiger partial charge on any atom is -0.382 e. The highest BCUT2D eigenvalue weighted by Gasteiger charge is 2.13. The van der Waals surface area contributed by atoms with Gasteiger partial charge in [-0.15, -0.1) is 0 Å². The summed E-state index contributed by atoms with van der Waals surface area (Å²) >= 11 is 0. The molecule has 1 amide bonds. The number of nitrogens with one attached hydrogen (secondary N) is 1. The van der Waals surface area contributed by atoms with Gasteiger partial charge in [-0.2, -0.15) is 0 Å². The highest BCUT2D eigenvalue weighted by Crippen LogP contribution is 2.02. The summed E-state index contributed by atoms with van der Waals surface area (Å²) < 4.78 is 5.16. The first-order valence-electron chi connectivity index (χ1n) is 5.69. The Kier molecular flexibility index (Phi) is 8.33. The second-order valence-electron chi connectivity index (χ2n) is 4.08. The second kappa shape index (κ2) is 8.68. The van der Waals surface area contributed by atoms with Crippen molar-refractivity contribution in [2.75, 3.05) is 19.8 Å². The van der Waals surface area contributed by atoms with Gasteiger partial charge in [-0.25, -0.2) is 0 Å². The molecule has 3 N–H and O–H groups in total. The number of carbonyl (C=O) groups excluding carboxylic acids is 1. The molecule has 0 bridgehead atoms. The molecule has 0 aliphatic heterocycles. The molecule has 0 aromatic rings. The van der Waals surface area contributed by atoms with Crippen molar-refractivity contribution < 1.29 is 9.53 Å². The molecule has 0 fully saturated rings. The number of carbonyl (C=O) groups is 1. The predicted molar refractivity (Wildman–Crippen MR) is 61.6 cm³/mol. The maximum Gasteiger partial charge on any atom is 0.236 e. The van der Waals surface area contributed by atoms with E-state index in [1.54, 1.807) is 0 Å². The molecule has 0 radical (unpaired) electrons. The Bertz CT molecular complexity index is 172. The van der Waals surface area contributed by atoms with Crippen molar-refractivity contribution in [1.29, 1.82) is 0 Å². The first-order chi connectivity index (χ1) is 7.07. The topological polar surface area (TPSA) is 64.3 Å². The number of nitrogens with two attached hydrogens (primary N) is 1. The minimum atomic E-state index is -0.378. The van der Waals surface area contributed by atoms with Gasteiger partial charge in [-0.3, -0.25) is 4.79 Å². The van der Waals surface area contributed by atoms with E-state index in [9.17, 15) is 4.79 Å². The molecule has 0 aromatic carbocycles. The Hall–Kier alpha value is -0.610. The van der Waals surface area contributed by atoms with Crippen molar-refractivity contribution in [3.8, 4) is 0 Å². The quantitative estimate of drug-likeness (QED) is 0.593. The van der Waals surface area contributed by atoms with Gasteiger partial charge in [0.05, 0.1) is 6.04 Å². The van der Waals surface area contributed by atoms with Crippen LogP contribution in [0.25, 0.3) is 0 Å². The van der Waals surface area contributed by atoms with Gasteiger partial charge in [0, 0.05) is 19.8 Å². The third-order valence-electron chi connectivity index (χ3n) is 2.03. The van der Waals surface area contributed by atoms with Gasteiger partial charge in [0.1, 0.15) is 0 Å². The zero-order valence-electron chi connectivity index (χ0n) is 10.1. The van der Waals surface area contributed by atoms with Crippen LogP contribution in [0.1, 0.15) is 33.6 Å². The lowest BCUT2D eigenvalue weighted by Gasteiger charge is -2.13. The van der Waals surface area contributed by atoms with E-state index in [1.807, 2.05) is 6.92 Å². The van der Waals surface area contributed by atoms with Crippen LogP contribution < -0.4 is 11.1 Å². The van der Waals surface area contributed by atoms with E-state index in [0.717, 1.165) is 19.4 Å². The molecule has 1 atom stereocenters. The van der Waals surface area contributed by atoms with Crippen LogP contribution in [0.15, 0.2) is 0 Å². The molecule has 0 aliphatic carbocycles. The molecule has 4 heteroatoms. The van der Waals surface area contributed by atoms with E-state index in [1.165, 1.54) is 0 Å². The van der Waals surface area contributed by atoms with Gasteiger partial charge in [-0.1, -0.05) is 13.8 Å². The zero-order valence-corrected chi connectivity index (χ0v) is 10.1. The Morgan fingerprint density at radius 2 is 2.13 bits per heavy atom. The first kappa shape index (κ1) is 14.4. The Morgan fingerprint density at radius 3 is 2.67 bits per heavy atom. The van der Waals surface area contributed by atoms with Crippen LogP contribution in [0, 0.1) is 5.92 Å². The largest absolute Gasteiger partial charge is 0.382 e. The molecule has 0 aromatic heterocycles. The molecule has 0 unspecified atom stereocenters. The maximum absolute atomic E-state index is 11.4. The average molecular weight is 216 g/mol. The SMILES string of the molecule is CCOCCCNC(=O)[C@H](N)CC(C)C. The van der Waals surface area contributed by atoms with Gasteiger partial charge in [0.2, 0.25) is 5.91 Å². The highest BCUT2D eigenvalue weighted by molar-refractivity contribution is 5.81. The van der Waals surface area contributed by atoms with Gasteiger partial charge in [-0.05, 0) is 25.7 Å². The van der Waals surface area contributed by atoms with Gasteiger partial charge >= 0.3 is 0 Å². The van der Waals surface area contributed by atoms with E-state index in [4.69, 9.17) is 10.5 Å². The molecular formula is C11H24N2O2. The summed E-state index contributed by atoms with van der Waals surface area (Å²) in [6, 6.07) is -0.378. The predicted octanol–water partition coefficient (Wildman–Crippen LogP) is 0.903. The summed E-state index contributed by atoms with van der Waals surface area (Å²) in [6.07, 6.45) is 1.57. The number of rotatable bonds is 8. The summed E-state index contributed by atoms with van der Waals surface area (Å²) in [7, 11) is 0. The summed E-state index contributed by atoms with van der Waals surface area (Å²) in [5.41, 5.74) is 5.72. The fraction of sp³-hybridized carbons (Fsp3) is 0.909. The summed E-state index contributed by atoms with van der Waals surface area (Å²) in [4.78, 5) is 11.4. The van der Waals surface area contributed by atoms with E-state index >= 15 is 0 Å². The molecule has 0 saturated heterocycles. The fourth-order valence-corrected chi connectivity index (χ4v) is 1.28. The molecule has 4 nitrogen and oxygen atoms in total. The van der Waals surface area contributed by atoms with Crippen LogP contribution in [0.2, 0.25) is 0 Å². The van der Waals surface area contributed by atoms with Gasteiger partial charge < -0.3 is 15.8 Å². The van der Waals surface area contributed by atoms with Crippen molar-refractivity contribution >= 4 is 5.91 Å². The van der Waals surface area contributed by atoms with Crippen molar-refractivity contribution in [2.45, 2.75) is 39.7 Å². The maximum atomic E-state index is 11.4. The van der Waals surface area contributed by atoms with Crippen LogP contribution >= 0.6 is 0 Å². The fourth-order valence-electron chi connectivity index (χ4n) is 1.28. The van der Waals surface area contributed by atoms with Gasteiger partial charge in [0.25, 0.3) is 0 Å². The normalized spacial score (nSPS) is 12.9. The van der Waals surface area contributed by atoms with Crippen LogP contribution in [0.3, 0.4) is 0 Å². The van der Waals surface area contributed by atoms with Crippen LogP contribution in [-0.2, 0) is 9.53 Å². The minimum absolute atomic E-state index is 0.0554. The first-order valence-corrected chi connectivity index (χ1v) is 5.69. The molecular weight excluding hydrogens is 192 g/mol. The average Bonchev–Trinajstić information content (AvgIpc) is 2.16. The standard InChI is InChI=1S/C11H24N2O2/c1-4-15-7-5-6-13-11(14)10(12)8-9(2)3/h9-10H,4-8,12H2,1-3H3,(H,13,14)/t10-/m1/s1. The Morgan fingerprint density at radius 1 is 1.47 bits per heavy atom. The third kappa shape index (κ3) is 8.39. The highest BCUT2D eigenvalue weighted by atomic mass is 16.5. The molecule has 90 valence electrons. The number of amides is 1. The zero-order chi connectivity index (χ0) is 11.7. The Balaban J connectivity index is 3.47. The molecule has 0 aliphatic rings. The van der Waals surface area contributed by atoms with Crippen LogP contribution in [0.4, 0.5) is 0 Å². The van der Waals surface area contributed by atoms with Crippen molar-refractivity contribution in [3.63, 3.8) is 0 Å². The lowest BCUT2D eigenvalue weighted by Crippen LogP contribution is -2.41. The lowest BCUT2D eigenvalue weighted by molar-refractivity contribution is -0.122. The molecule has 0 rings (SSSR count). The van der Waals surface area contributed by atoms with Crippen LogP contribution in [-0.4, -0.2) is 31.7 Å². The lowest BCUT2D eigenvalue weighted by atomic mass is 10.0. The summed E-state index contributed by atoms with van der Waals surface area (Å²) in [5, 5.41) is 2.80. The summed E-state index contributed by atoms with van der Waals surface area (Å²) in [6.45, 7) is 8.13. The second-order valence-corrected chi connectivity index (χ2v) is 4.08. The molecule has 0 spiro atoms. The third-order valence-corrected chi connectivity index (χ3v) is 2.03. The molecule has 15 heavy (non-hydrogen) atoms. The molecule has 0 heterocycles. The Labute approximate surface area is 92.6 Å². The number of hydrogen-bond acceptors (Lipinski definition) is 3. The monoisotopic (exact) mass is 216 g/mol. The van der Waals surface area contributed by atoms with E-state index in [-0.39, 0.29) is 11.9 Å². The van der Waals surface area contributed by atoms with E-state index in [2.05, 4.69) is 19.2 Å². The van der Waals surface area contributed by atoms with E-state index < -0.39 is 0 Å². The summed E-state index contributed by atoms with van der Waals surface area (Å²) in [5.74, 6) is 0.398.